The molecule has 164 valence electrons. The Morgan fingerprint density at radius 3 is 2.16 bits per heavy atom. The average Bonchev–Trinajstić information content (AvgIpc) is 3.22. The summed E-state index contributed by atoms with van der Waals surface area (Å²) in [5.41, 5.74) is 3.25. The third-order valence-electron chi connectivity index (χ3n) is 5.78. The normalized spacial score (nSPS) is 14.7. The molecule has 5 heteroatoms. The summed E-state index contributed by atoms with van der Waals surface area (Å²) in [7, 11) is 3.98. The van der Waals surface area contributed by atoms with Gasteiger partial charge in [-0.15, -0.1) is 0 Å². The Labute approximate surface area is 189 Å². The molecular weight excluding hydrogens is 396 g/mol. The van der Waals surface area contributed by atoms with E-state index in [9.17, 15) is 4.79 Å². The number of hydrogen-bond donors (Lipinski definition) is 1. The molecule has 4 rings (SSSR count). The maximum Gasteiger partial charge on any atom is 0.251 e. The molecule has 32 heavy (non-hydrogen) atoms. The van der Waals surface area contributed by atoms with Crippen molar-refractivity contribution in [2.75, 3.05) is 27.2 Å². The second-order valence-electron chi connectivity index (χ2n) is 8.45. The molecule has 3 aromatic rings. The van der Waals surface area contributed by atoms with E-state index in [0.29, 0.717) is 18.0 Å². The maximum absolute atomic E-state index is 12.4. The van der Waals surface area contributed by atoms with Gasteiger partial charge in [0.05, 0.1) is 10.7 Å². The van der Waals surface area contributed by atoms with Gasteiger partial charge in [0, 0.05) is 24.6 Å². The molecule has 1 unspecified atom stereocenters. The number of nitrogens with one attached hydrogen (secondary N) is 1. The van der Waals surface area contributed by atoms with Crippen molar-refractivity contribution in [3.8, 4) is 0 Å². The lowest BCUT2D eigenvalue weighted by Gasteiger charge is -2.18. The van der Waals surface area contributed by atoms with E-state index in [1.807, 2.05) is 37.2 Å². The number of nitrogens with zero attached hydrogens (tertiary/aromatic N) is 3. The van der Waals surface area contributed by atoms with Crippen molar-refractivity contribution in [3.05, 3.63) is 106 Å². The van der Waals surface area contributed by atoms with Crippen LogP contribution < -0.4 is 16.0 Å². The van der Waals surface area contributed by atoms with Crippen LogP contribution in [0.4, 0.5) is 0 Å². The van der Waals surface area contributed by atoms with Crippen LogP contribution in [0.5, 0.6) is 0 Å². The minimum absolute atomic E-state index is 0.0680. The molecule has 0 aliphatic carbocycles. The van der Waals surface area contributed by atoms with Crippen molar-refractivity contribution in [1.82, 2.24) is 10.2 Å². The van der Waals surface area contributed by atoms with Crippen LogP contribution in [0.25, 0.3) is 0 Å². The lowest BCUT2D eigenvalue weighted by molar-refractivity contribution is 0.0951. The zero-order valence-corrected chi connectivity index (χ0v) is 18.7. The Bertz CT molecular complexity index is 1120. The molecule has 1 aliphatic rings. The van der Waals surface area contributed by atoms with Gasteiger partial charge in [-0.3, -0.25) is 14.8 Å². The number of benzene rings is 3. The number of likely N-dealkylation sites (N-methyl/N-ethyl adjacent to an activating group) is 1. The molecule has 0 saturated carbocycles. The first-order valence-corrected chi connectivity index (χ1v) is 11.2. The van der Waals surface area contributed by atoms with Crippen molar-refractivity contribution >= 4 is 5.91 Å². The first kappa shape index (κ1) is 21.9. The summed E-state index contributed by atoms with van der Waals surface area (Å²) in [4.78, 5) is 24.1. The number of carbonyl (C=O) groups excluding carboxylic acids is 1. The van der Waals surface area contributed by atoms with Gasteiger partial charge in [-0.05, 0) is 56.3 Å². The molecule has 0 radical (unpaired) electrons. The molecule has 1 aliphatic heterocycles. The highest BCUT2D eigenvalue weighted by Crippen LogP contribution is 2.30. The van der Waals surface area contributed by atoms with Crippen LogP contribution in [0.15, 0.2) is 88.8 Å². The van der Waals surface area contributed by atoms with Gasteiger partial charge in [0.2, 0.25) is 0 Å². The first-order valence-electron chi connectivity index (χ1n) is 11.2. The zero-order valence-electron chi connectivity index (χ0n) is 18.7. The summed E-state index contributed by atoms with van der Waals surface area (Å²) < 4.78 is 0. The Morgan fingerprint density at radius 2 is 1.53 bits per heavy atom. The van der Waals surface area contributed by atoms with E-state index < -0.39 is 0 Å². The Balaban J connectivity index is 1.45. The van der Waals surface area contributed by atoms with E-state index >= 15 is 0 Å². The molecule has 3 aromatic carbocycles. The fourth-order valence-electron chi connectivity index (χ4n) is 4.06. The van der Waals surface area contributed by atoms with Gasteiger partial charge in [0.1, 0.15) is 6.17 Å². The summed E-state index contributed by atoms with van der Waals surface area (Å²) in [6.45, 7) is 1.43. The third-order valence-corrected chi connectivity index (χ3v) is 5.78. The first-order chi connectivity index (χ1) is 15.6. The molecule has 0 aromatic heterocycles. The summed E-state index contributed by atoms with van der Waals surface area (Å²) in [6.07, 6.45) is 1.71. The van der Waals surface area contributed by atoms with Crippen LogP contribution in [-0.2, 0) is 0 Å². The largest absolute Gasteiger partial charge is 0.351 e. The van der Waals surface area contributed by atoms with Crippen LogP contribution in [0, 0.1) is 0 Å². The highest BCUT2D eigenvalue weighted by Gasteiger charge is 2.18. The van der Waals surface area contributed by atoms with E-state index in [4.69, 9.17) is 9.98 Å². The number of carbonyl (C=O) groups is 1. The molecule has 0 bridgehead atoms. The predicted molar refractivity (Wildman–Crippen MR) is 127 cm³/mol. The highest BCUT2D eigenvalue weighted by molar-refractivity contribution is 5.94. The Hall–Kier alpha value is -3.31. The summed E-state index contributed by atoms with van der Waals surface area (Å²) in [5, 5.41) is 4.64. The number of rotatable bonds is 9. The molecule has 0 spiro atoms. The smallest absolute Gasteiger partial charge is 0.251 e. The quantitative estimate of drug-likeness (QED) is 0.571. The fourth-order valence-corrected chi connectivity index (χ4v) is 4.06. The zero-order chi connectivity index (χ0) is 22.3. The highest BCUT2D eigenvalue weighted by atomic mass is 16.1. The predicted octanol–water partition coefficient (Wildman–Crippen LogP) is 3.17. The van der Waals surface area contributed by atoms with Crippen molar-refractivity contribution in [1.29, 1.82) is 0 Å². The van der Waals surface area contributed by atoms with Crippen molar-refractivity contribution in [2.45, 2.75) is 24.9 Å². The van der Waals surface area contributed by atoms with Gasteiger partial charge < -0.3 is 10.2 Å². The topological polar surface area (TPSA) is 57.1 Å². The molecule has 0 fully saturated rings. The average molecular weight is 427 g/mol. The summed E-state index contributed by atoms with van der Waals surface area (Å²) in [6, 6.07) is 26.8. The van der Waals surface area contributed by atoms with E-state index in [2.05, 4.69) is 66.0 Å². The molecular formula is C27H30N4O. The standard InChI is InChI=1S/C27H30N4O/c1-31(2)18-17-28-27(32)22-13-15-24-25(19-22)30-26(29-24)16-14-23(20-9-5-3-6-10-20)21-11-7-4-8-12-21/h3-13,15,19,23,26H,14,16-18H2,1-2H3,(H,28,32). The number of fused-ring (bicyclic) bond motifs is 1. The Kier molecular flexibility index (Phi) is 7.07. The molecule has 1 atom stereocenters. The molecule has 1 N–H and O–H groups in total. The van der Waals surface area contributed by atoms with Crippen molar-refractivity contribution in [2.24, 2.45) is 9.98 Å². The lowest BCUT2D eigenvalue weighted by Crippen LogP contribution is -2.32. The number of amides is 1. The van der Waals surface area contributed by atoms with E-state index in [1.165, 1.54) is 11.1 Å². The second-order valence-corrected chi connectivity index (χ2v) is 8.45. The van der Waals surface area contributed by atoms with Crippen LogP contribution in [0.1, 0.15) is 40.2 Å². The van der Waals surface area contributed by atoms with Gasteiger partial charge in [-0.1, -0.05) is 60.7 Å². The molecule has 1 amide bonds. The Morgan fingerprint density at radius 1 is 0.906 bits per heavy atom. The minimum atomic E-state index is -0.105. The van der Waals surface area contributed by atoms with Crippen LogP contribution in [0.3, 0.4) is 0 Å². The SMILES string of the molecule is CN(C)CCNC(=O)c1ccc2c(c1)=NC(CCC(c1ccccc1)c1ccccc1)N=2. The van der Waals surface area contributed by atoms with Gasteiger partial charge >= 0.3 is 0 Å². The van der Waals surface area contributed by atoms with Crippen LogP contribution in [-0.4, -0.2) is 44.2 Å². The fraction of sp³-hybridized carbons (Fsp3) is 0.296. The van der Waals surface area contributed by atoms with Gasteiger partial charge in [0.15, 0.2) is 0 Å². The third kappa shape index (κ3) is 5.48. The van der Waals surface area contributed by atoms with Crippen molar-refractivity contribution in [3.63, 3.8) is 0 Å². The summed E-state index contributed by atoms with van der Waals surface area (Å²) in [5.74, 6) is 0.242. The van der Waals surface area contributed by atoms with Crippen molar-refractivity contribution < 1.29 is 4.79 Å². The molecule has 0 saturated heterocycles. The van der Waals surface area contributed by atoms with E-state index in [1.54, 1.807) is 0 Å². The second kappa shape index (κ2) is 10.3. The summed E-state index contributed by atoms with van der Waals surface area (Å²) >= 11 is 0. The van der Waals surface area contributed by atoms with E-state index in [0.717, 1.165) is 30.1 Å². The molecule has 5 nitrogen and oxygen atoms in total. The monoisotopic (exact) mass is 426 g/mol. The molecule has 1 heterocycles. The van der Waals surface area contributed by atoms with Gasteiger partial charge in [0.25, 0.3) is 5.91 Å². The van der Waals surface area contributed by atoms with Crippen LogP contribution in [0.2, 0.25) is 0 Å². The van der Waals surface area contributed by atoms with Gasteiger partial charge in [-0.2, -0.15) is 0 Å². The number of hydrogen-bond acceptors (Lipinski definition) is 4. The van der Waals surface area contributed by atoms with Crippen LogP contribution >= 0.6 is 0 Å². The van der Waals surface area contributed by atoms with Gasteiger partial charge in [-0.25, -0.2) is 0 Å². The maximum atomic E-state index is 12.4. The minimum Gasteiger partial charge on any atom is -0.351 e. The van der Waals surface area contributed by atoms with E-state index in [-0.39, 0.29) is 12.1 Å². The lowest BCUT2D eigenvalue weighted by atomic mass is 9.87.